The Balaban J connectivity index is 1.16. The highest BCUT2D eigenvalue weighted by Crippen LogP contribution is 2.50. The van der Waals surface area contributed by atoms with Gasteiger partial charge in [0.25, 0.3) is 0 Å². The molecule has 3 heterocycles. The number of thiophene rings is 1. The van der Waals surface area contributed by atoms with Crippen LogP contribution in [-0.4, -0.2) is 15.0 Å². The molecule has 3 nitrogen and oxygen atoms in total. The monoisotopic (exact) mass is 707 g/mol. The normalized spacial score (nSPS) is 13.1. The number of hydrogen-bond donors (Lipinski definition) is 0. The van der Waals surface area contributed by atoms with E-state index in [1.165, 1.54) is 47.8 Å². The zero-order valence-electron chi connectivity index (χ0n) is 29.8. The summed E-state index contributed by atoms with van der Waals surface area (Å²) in [6.45, 7) is 4.65. The highest BCUT2D eigenvalue weighted by atomic mass is 32.1. The van der Waals surface area contributed by atoms with Gasteiger partial charge in [0.1, 0.15) is 0 Å². The second-order valence-electron chi connectivity index (χ2n) is 14.8. The summed E-state index contributed by atoms with van der Waals surface area (Å²) in [6, 6.07) is 58.5. The van der Waals surface area contributed by atoms with E-state index in [1.807, 2.05) is 11.3 Å². The molecule has 0 saturated carbocycles. The molecule has 0 spiro atoms. The summed E-state index contributed by atoms with van der Waals surface area (Å²) in [5.41, 5.74) is 13.4. The van der Waals surface area contributed by atoms with Crippen molar-refractivity contribution in [3.63, 3.8) is 0 Å². The Labute approximate surface area is 317 Å². The molecule has 0 saturated heterocycles. The zero-order valence-corrected chi connectivity index (χ0v) is 30.7. The quantitative estimate of drug-likeness (QED) is 0.171. The predicted octanol–water partition coefficient (Wildman–Crippen LogP) is 13.5. The van der Waals surface area contributed by atoms with Gasteiger partial charge in [-0.3, -0.25) is 0 Å². The van der Waals surface area contributed by atoms with E-state index in [0.717, 1.165) is 61.4 Å². The van der Waals surface area contributed by atoms with Crippen LogP contribution in [0.3, 0.4) is 0 Å². The molecule has 11 rings (SSSR count). The summed E-state index contributed by atoms with van der Waals surface area (Å²) in [5.74, 6) is 0.727. The smallest absolute Gasteiger partial charge is 0.161 e. The first kappa shape index (κ1) is 31.1. The Hall–Kier alpha value is -6.49. The van der Waals surface area contributed by atoms with Crippen LogP contribution < -0.4 is 0 Å². The van der Waals surface area contributed by atoms with Gasteiger partial charge in [-0.25, -0.2) is 15.0 Å². The second-order valence-corrected chi connectivity index (χ2v) is 15.8. The third-order valence-corrected chi connectivity index (χ3v) is 12.6. The van der Waals surface area contributed by atoms with Crippen LogP contribution in [0.1, 0.15) is 25.0 Å². The number of benzene rings is 7. The van der Waals surface area contributed by atoms with Crippen LogP contribution in [0.25, 0.3) is 98.1 Å². The van der Waals surface area contributed by atoms with E-state index >= 15 is 0 Å². The Morgan fingerprint density at radius 2 is 1.06 bits per heavy atom. The maximum atomic E-state index is 5.39. The fraction of sp³-hybridized carbons (Fsp3) is 0.0600. The number of nitrogens with zero attached hydrogens (tertiary/aromatic N) is 3. The van der Waals surface area contributed by atoms with E-state index in [4.69, 9.17) is 15.0 Å². The lowest BCUT2D eigenvalue weighted by molar-refractivity contribution is 0.660. The molecule has 4 heteroatoms. The van der Waals surface area contributed by atoms with Crippen molar-refractivity contribution in [3.8, 4) is 56.3 Å². The maximum absolute atomic E-state index is 5.39. The van der Waals surface area contributed by atoms with Crippen LogP contribution in [0.15, 0.2) is 164 Å². The Kier molecular flexibility index (Phi) is 6.77. The molecule has 10 aromatic rings. The maximum Gasteiger partial charge on any atom is 0.161 e. The van der Waals surface area contributed by atoms with Gasteiger partial charge in [0.15, 0.2) is 5.82 Å². The predicted molar refractivity (Wildman–Crippen MR) is 227 cm³/mol. The molecule has 0 amide bonds. The number of para-hydroxylation sites is 1. The molecule has 254 valence electrons. The van der Waals surface area contributed by atoms with Crippen LogP contribution in [0.5, 0.6) is 0 Å². The molecule has 54 heavy (non-hydrogen) atoms. The van der Waals surface area contributed by atoms with Gasteiger partial charge in [-0.15, -0.1) is 11.3 Å². The lowest BCUT2D eigenvalue weighted by atomic mass is 9.82. The van der Waals surface area contributed by atoms with Crippen LogP contribution in [0, 0.1) is 0 Å². The Morgan fingerprint density at radius 1 is 0.426 bits per heavy atom. The van der Waals surface area contributed by atoms with Crippen molar-refractivity contribution in [2.24, 2.45) is 0 Å². The minimum atomic E-state index is -0.0548. The minimum Gasteiger partial charge on any atom is -0.247 e. The molecule has 0 unspecified atom stereocenters. The number of hydrogen-bond acceptors (Lipinski definition) is 4. The molecular weight excluding hydrogens is 675 g/mol. The number of fused-ring (bicyclic) bond motifs is 10. The summed E-state index contributed by atoms with van der Waals surface area (Å²) in [7, 11) is 0. The van der Waals surface area contributed by atoms with Gasteiger partial charge < -0.3 is 0 Å². The first-order valence-corrected chi connectivity index (χ1v) is 19.3. The molecule has 3 aromatic heterocycles. The average Bonchev–Trinajstić information content (AvgIpc) is 3.73. The van der Waals surface area contributed by atoms with Crippen molar-refractivity contribution in [2.45, 2.75) is 19.3 Å². The molecule has 0 N–H and O–H groups in total. The number of rotatable bonds is 4. The summed E-state index contributed by atoms with van der Waals surface area (Å²) < 4.78 is 2.44. The van der Waals surface area contributed by atoms with Crippen LogP contribution in [0.2, 0.25) is 0 Å². The molecule has 0 fully saturated rings. The van der Waals surface area contributed by atoms with Crippen LogP contribution >= 0.6 is 11.3 Å². The minimum absolute atomic E-state index is 0.0548. The third-order valence-electron chi connectivity index (χ3n) is 11.3. The van der Waals surface area contributed by atoms with Gasteiger partial charge in [0, 0.05) is 64.0 Å². The van der Waals surface area contributed by atoms with Crippen molar-refractivity contribution in [3.05, 3.63) is 175 Å². The van der Waals surface area contributed by atoms with Crippen LogP contribution in [-0.2, 0) is 5.41 Å². The Bertz CT molecular complexity index is 3120. The zero-order chi connectivity index (χ0) is 36.0. The average molecular weight is 708 g/mol. The fourth-order valence-corrected chi connectivity index (χ4v) is 10.0. The molecule has 1 aliphatic carbocycles. The fourth-order valence-electron chi connectivity index (χ4n) is 8.63. The summed E-state index contributed by atoms with van der Waals surface area (Å²) in [4.78, 5) is 15.9. The van der Waals surface area contributed by atoms with Gasteiger partial charge >= 0.3 is 0 Å². The van der Waals surface area contributed by atoms with Gasteiger partial charge in [-0.1, -0.05) is 153 Å². The highest BCUT2D eigenvalue weighted by Gasteiger charge is 2.35. The molecule has 7 aromatic carbocycles. The largest absolute Gasteiger partial charge is 0.247 e. The molecule has 0 atom stereocenters. The summed E-state index contributed by atoms with van der Waals surface area (Å²) >= 11 is 1.84. The molecule has 0 radical (unpaired) electrons. The molecule has 0 bridgehead atoms. The molecule has 0 aliphatic heterocycles. The lowest BCUT2D eigenvalue weighted by Crippen LogP contribution is -2.14. The second kappa shape index (κ2) is 11.8. The van der Waals surface area contributed by atoms with Gasteiger partial charge in [-0.2, -0.15) is 0 Å². The van der Waals surface area contributed by atoms with Gasteiger partial charge in [0.2, 0.25) is 0 Å². The topological polar surface area (TPSA) is 38.7 Å². The van der Waals surface area contributed by atoms with Crippen molar-refractivity contribution < 1.29 is 0 Å². The van der Waals surface area contributed by atoms with Crippen molar-refractivity contribution in [1.29, 1.82) is 0 Å². The first-order valence-electron chi connectivity index (χ1n) is 18.4. The van der Waals surface area contributed by atoms with Crippen molar-refractivity contribution in [1.82, 2.24) is 15.0 Å². The third kappa shape index (κ3) is 4.63. The van der Waals surface area contributed by atoms with Gasteiger partial charge in [-0.05, 0) is 46.5 Å². The lowest BCUT2D eigenvalue weighted by Gasteiger charge is -2.21. The van der Waals surface area contributed by atoms with E-state index in [2.05, 4.69) is 178 Å². The molecule has 1 aliphatic rings. The summed E-state index contributed by atoms with van der Waals surface area (Å²) in [5, 5.41) is 6.01. The van der Waals surface area contributed by atoms with Gasteiger partial charge in [0.05, 0.1) is 22.6 Å². The SMILES string of the molecule is CC1(C)c2ccccc2-c2cc(-c3cc(-c4ccccc4)nc(-c4cccc5c4sc4c5ccc5c(-c6ccccc6)nc6ccccc6c54)n3)ccc21. The van der Waals surface area contributed by atoms with E-state index in [0.29, 0.717) is 0 Å². The Morgan fingerprint density at radius 3 is 1.89 bits per heavy atom. The van der Waals surface area contributed by atoms with E-state index in [1.54, 1.807) is 0 Å². The van der Waals surface area contributed by atoms with E-state index in [9.17, 15) is 0 Å². The van der Waals surface area contributed by atoms with Crippen molar-refractivity contribution in [2.75, 3.05) is 0 Å². The number of aromatic nitrogens is 3. The number of pyridine rings is 1. The van der Waals surface area contributed by atoms with Crippen molar-refractivity contribution >= 4 is 53.2 Å². The highest BCUT2D eigenvalue weighted by molar-refractivity contribution is 7.27. The summed E-state index contributed by atoms with van der Waals surface area (Å²) in [6.07, 6.45) is 0. The first-order chi connectivity index (χ1) is 26.5. The van der Waals surface area contributed by atoms with E-state index in [-0.39, 0.29) is 5.41 Å². The standard InChI is InChI=1S/C50H33N3S/c1-50(2)40-22-11-9-18-33(40)39-28-32(24-27-41(39)50)44-29-43(30-14-5-3-6-15-30)52-49(53-44)38-21-13-20-34-35-25-26-37-45(48(35)54-47(34)38)36-19-10-12-23-42(36)51-46(37)31-16-7-4-8-17-31/h3-29H,1-2H3. The van der Waals surface area contributed by atoms with Crippen LogP contribution in [0.4, 0.5) is 0 Å². The molecular formula is C50H33N3S. The van der Waals surface area contributed by atoms with E-state index < -0.39 is 0 Å².